The Balaban J connectivity index is 0.000000386. The molecule has 0 aromatic heterocycles. The van der Waals surface area contributed by atoms with E-state index in [4.69, 9.17) is 30.3 Å². The zero-order valence-corrected chi connectivity index (χ0v) is 13.3. The molecule has 0 heterocycles. The Bertz CT molecular complexity index is 206. The van der Waals surface area contributed by atoms with Gasteiger partial charge in [-0.2, -0.15) is 0 Å². The van der Waals surface area contributed by atoms with E-state index in [1.807, 2.05) is 0 Å². The van der Waals surface area contributed by atoms with Crippen molar-refractivity contribution >= 4 is 18.8 Å². The molecule has 0 saturated heterocycles. The van der Waals surface area contributed by atoms with Crippen molar-refractivity contribution < 1.29 is 16.5 Å². The zero-order chi connectivity index (χ0) is 12.0. The topological polar surface area (TPSA) is 52.0 Å². The van der Waals surface area contributed by atoms with Gasteiger partial charge >= 0.3 is 35.3 Å². The standard InChI is InChI=1S/C11H22N2.2ClH.Pt/c12-8-11(13)6-5-9-3-1-2-4-10(9)7-11;;;/h9-10H,1-8,12-13H2;2*1H;/q;;;+2/p-2. The molecule has 0 aliphatic heterocycles. The predicted octanol–water partition coefficient (Wildman–Crippen LogP) is 3.01. The third-order valence-corrected chi connectivity index (χ3v) is 4.15. The quantitative estimate of drug-likeness (QED) is 0.648. The molecule has 2 rings (SSSR count). The molecule has 2 aliphatic rings. The molecule has 0 bridgehead atoms. The second-order valence-corrected chi connectivity index (χ2v) is 8.44. The molecule has 5 heteroatoms. The monoisotopic (exact) mass is 447 g/mol. The van der Waals surface area contributed by atoms with Crippen LogP contribution in [0.2, 0.25) is 0 Å². The Morgan fingerprint density at radius 2 is 1.69 bits per heavy atom. The minimum atomic E-state index is -0.472. The molecule has 2 aliphatic carbocycles. The van der Waals surface area contributed by atoms with Crippen molar-refractivity contribution in [2.45, 2.75) is 50.5 Å². The molecule has 100 valence electrons. The van der Waals surface area contributed by atoms with E-state index in [1.165, 1.54) is 38.5 Å². The second-order valence-electron chi connectivity index (χ2n) is 5.16. The third kappa shape index (κ3) is 4.46. The van der Waals surface area contributed by atoms with Gasteiger partial charge in [0, 0.05) is 12.1 Å². The summed E-state index contributed by atoms with van der Waals surface area (Å²) in [5.41, 5.74) is 12.0. The summed E-state index contributed by atoms with van der Waals surface area (Å²) in [6.45, 7) is 0.677. The van der Waals surface area contributed by atoms with Crippen LogP contribution in [0.15, 0.2) is 0 Å². The van der Waals surface area contributed by atoms with Gasteiger partial charge in [0.15, 0.2) is 0 Å². The summed E-state index contributed by atoms with van der Waals surface area (Å²) in [6, 6.07) is 0. The summed E-state index contributed by atoms with van der Waals surface area (Å²) < 4.78 is 0. The third-order valence-electron chi connectivity index (χ3n) is 4.15. The van der Waals surface area contributed by atoms with E-state index in [-0.39, 0.29) is 5.54 Å². The number of rotatable bonds is 1. The van der Waals surface area contributed by atoms with Crippen LogP contribution in [0.5, 0.6) is 0 Å². The minimum absolute atomic E-state index is 0.0154. The normalized spacial score (nSPS) is 38.5. The molecular formula is C11H22Cl2N2Pt. The summed E-state index contributed by atoms with van der Waals surface area (Å²) >= 11 is -0.472. The molecule has 16 heavy (non-hydrogen) atoms. The van der Waals surface area contributed by atoms with Crippen molar-refractivity contribution in [3.8, 4) is 0 Å². The van der Waals surface area contributed by atoms with Gasteiger partial charge in [-0.3, -0.25) is 0 Å². The van der Waals surface area contributed by atoms with Crippen LogP contribution >= 0.6 is 18.8 Å². The van der Waals surface area contributed by atoms with Crippen LogP contribution < -0.4 is 11.5 Å². The van der Waals surface area contributed by atoms with Crippen LogP contribution in [-0.2, 0) is 16.5 Å². The Labute approximate surface area is 115 Å². The SMILES string of the molecule is NCC1(N)CCC2CCCCC2C1.[Cl][Pt][Cl]. The maximum absolute atomic E-state index is 6.24. The van der Waals surface area contributed by atoms with E-state index in [0.29, 0.717) is 6.54 Å². The van der Waals surface area contributed by atoms with E-state index < -0.39 is 16.5 Å². The first-order valence-corrected chi connectivity index (χ1v) is 11.6. The van der Waals surface area contributed by atoms with Crippen LogP contribution in [0.1, 0.15) is 44.9 Å². The fraction of sp³-hybridized carbons (Fsp3) is 1.00. The number of fused-ring (bicyclic) bond motifs is 1. The van der Waals surface area contributed by atoms with Gasteiger partial charge in [-0.05, 0) is 31.1 Å². The van der Waals surface area contributed by atoms with Gasteiger partial charge in [0.25, 0.3) is 0 Å². The Hall–Kier alpha value is 1.19. The second kappa shape index (κ2) is 7.59. The van der Waals surface area contributed by atoms with Gasteiger partial charge < -0.3 is 11.5 Å². The molecule has 0 radical (unpaired) electrons. The Morgan fingerprint density at radius 3 is 2.25 bits per heavy atom. The molecule has 2 nitrogen and oxygen atoms in total. The summed E-state index contributed by atoms with van der Waals surface area (Å²) in [5.74, 6) is 1.88. The first-order chi connectivity index (χ1) is 7.65. The molecule has 2 fully saturated rings. The Kier molecular flexibility index (Phi) is 7.23. The average molecular weight is 448 g/mol. The van der Waals surface area contributed by atoms with Crippen molar-refractivity contribution in [1.29, 1.82) is 0 Å². The first kappa shape index (κ1) is 15.2. The predicted molar refractivity (Wildman–Crippen MR) is 67.0 cm³/mol. The zero-order valence-electron chi connectivity index (χ0n) is 9.54. The number of halogens is 2. The van der Waals surface area contributed by atoms with E-state index in [1.54, 1.807) is 0 Å². The molecule has 2 saturated carbocycles. The van der Waals surface area contributed by atoms with Gasteiger partial charge in [0.05, 0.1) is 0 Å². The van der Waals surface area contributed by atoms with Gasteiger partial charge in [-0.1, -0.05) is 25.7 Å². The molecule has 3 atom stereocenters. The molecule has 0 amide bonds. The van der Waals surface area contributed by atoms with Crippen LogP contribution in [-0.4, -0.2) is 12.1 Å². The fourth-order valence-electron chi connectivity index (χ4n) is 3.22. The van der Waals surface area contributed by atoms with Crippen molar-refractivity contribution in [3.05, 3.63) is 0 Å². The maximum atomic E-state index is 6.24. The van der Waals surface area contributed by atoms with Crippen LogP contribution in [0, 0.1) is 11.8 Å². The van der Waals surface area contributed by atoms with Crippen LogP contribution in [0.3, 0.4) is 0 Å². The van der Waals surface area contributed by atoms with Crippen molar-refractivity contribution in [1.82, 2.24) is 0 Å². The molecular weight excluding hydrogens is 426 g/mol. The van der Waals surface area contributed by atoms with Gasteiger partial charge in [0.1, 0.15) is 0 Å². The summed E-state index contributed by atoms with van der Waals surface area (Å²) in [5, 5.41) is 0. The number of hydrogen-bond donors (Lipinski definition) is 2. The number of hydrogen-bond acceptors (Lipinski definition) is 2. The average Bonchev–Trinajstić information content (AvgIpc) is 2.30. The molecule has 0 aromatic carbocycles. The summed E-state index contributed by atoms with van der Waals surface area (Å²) in [4.78, 5) is 0. The summed E-state index contributed by atoms with van der Waals surface area (Å²) in [7, 11) is 9.75. The summed E-state index contributed by atoms with van der Waals surface area (Å²) in [6.07, 6.45) is 9.40. The van der Waals surface area contributed by atoms with Gasteiger partial charge in [-0.25, -0.2) is 0 Å². The van der Waals surface area contributed by atoms with E-state index in [2.05, 4.69) is 0 Å². The molecule has 3 unspecified atom stereocenters. The van der Waals surface area contributed by atoms with E-state index >= 15 is 0 Å². The molecule has 0 aromatic rings. The van der Waals surface area contributed by atoms with E-state index in [0.717, 1.165) is 18.3 Å². The Morgan fingerprint density at radius 1 is 1.12 bits per heavy atom. The van der Waals surface area contributed by atoms with Crippen molar-refractivity contribution in [3.63, 3.8) is 0 Å². The van der Waals surface area contributed by atoms with E-state index in [9.17, 15) is 0 Å². The fourth-order valence-corrected chi connectivity index (χ4v) is 3.22. The van der Waals surface area contributed by atoms with Gasteiger partial charge in [0.2, 0.25) is 0 Å². The van der Waals surface area contributed by atoms with Crippen LogP contribution in [0.4, 0.5) is 0 Å². The van der Waals surface area contributed by atoms with Crippen molar-refractivity contribution in [2.24, 2.45) is 23.3 Å². The molecule has 4 N–H and O–H groups in total. The van der Waals surface area contributed by atoms with Gasteiger partial charge in [-0.15, -0.1) is 0 Å². The van der Waals surface area contributed by atoms with Crippen LogP contribution in [0.25, 0.3) is 0 Å². The van der Waals surface area contributed by atoms with Crippen molar-refractivity contribution in [2.75, 3.05) is 6.54 Å². The first-order valence-electron chi connectivity index (χ1n) is 5.96. The molecule has 0 spiro atoms. The number of nitrogens with two attached hydrogens (primary N) is 2.